The van der Waals surface area contributed by atoms with Gasteiger partial charge in [-0.15, -0.1) is 0 Å². The number of hydrogen-bond donors (Lipinski definition) is 0. The first-order valence-electron chi connectivity index (χ1n) is 4.41. The second kappa shape index (κ2) is 4.88. The number of hydrogen-bond acceptors (Lipinski definition) is 2. The molecule has 0 aromatic carbocycles. The Balaban J connectivity index is 2.91. The van der Waals surface area contributed by atoms with E-state index in [9.17, 15) is 8.78 Å². The molecule has 1 aliphatic heterocycles. The fourth-order valence-corrected chi connectivity index (χ4v) is 1.21. The third kappa shape index (κ3) is 2.65. The Bertz CT molecular complexity index is 282. The summed E-state index contributed by atoms with van der Waals surface area (Å²) in [5.74, 6) is 0.883. The average Bonchev–Trinajstić information content (AvgIpc) is 2.11. The summed E-state index contributed by atoms with van der Waals surface area (Å²) in [7, 11) is 1.54. The molecule has 0 aliphatic carbocycles. The van der Waals surface area contributed by atoms with Crippen molar-refractivity contribution in [2.24, 2.45) is 10.9 Å². The van der Waals surface area contributed by atoms with Crippen LogP contribution in [0, 0.1) is 5.92 Å². The molecule has 0 aromatic heterocycles. The summed E-state index contributed by atoms with van der Waals surface area (Å²) in [5.41, 5.74) is -0.216. The van der Waals surface area contributed by atoms with Gasteiger partial charge in [0.05, 0.1) is 12.9 Å². The molecule has 1 rings (SSSR count). The van der Waals surface area contributed by atoms with Crippen LogP contribution in [0.4, 0.5) is 8.78 Å². The molecule has 0 aromatic rings. The van der Waals surface area contributed by atoms with Gasteiger partial charge in [-0.1, -0.05) is 6.92 Å². The van der Waals surface area contributed by atoms with Crippen LogP contribution in [0.2, 0.25) is 0 Å². The number of allylic oxidation sites excluding steroid dienone is 4. The van der Waals surface area contributed by atoms with E-state index in [4.69, 9.17) is 4.74 Å². The van der Waals surface area contributed by atoms with Crippen LogP contribution >= 0.6 is 0 Å². The maximum Gasteiger partial charge on any atom is 0.280 e. The molecule has 0 saturated heterocycles. The first kappa shape index (κ1) is 10.9. The molecule has 1 heterocycles. The summed E-state index contributed by atoms with van der Waals surface area (Å²) in [6.45, 7) is 1.96. The zero-order chi connectivity index (χ0) is 10.6. The molecule has 0 amide bonds. The Labute approximate surface area is 82.0 Å². The van der Waals surface area contributed by atoms with Gasteiger partial charge in [-0.2, -0.15) is 0 Å². The summed E-state index contributed by atoms with van der Waals surface area (Å²) < 4.78 is 29.7. The van der Waals surface area contributed by atoms with Crippen molar-refractivity contribution in [1.82, 2.24) is 0 Å². The van der Waals surface area contributed by atoms with Gasteiger partial charge in [-0.25, -0.2) is 8.78 Å². The minimum absolute atomic E-state index is 0.180. The molecular formula is C10H13F2NO. The van der Waals surface area contributed by atoms with Crippen molar-refractivity contribution < 1.29 is 13.5 Å². The molecule has 0 N–H and O–H groups in total. The van der Waals surface area contributed by atoms with Crippen molar-refractivity contribution in [2.75, 3.05) is 7.11 Å². The zero-order valence-electron chi connectivity index (χ0n) is 8.21. The van der Waals surface area contributed by atoms with Crippen molar-refractivity contribution >= 4 is 6.21 Å². The van der Waals surface area contributed by atoms with Crippen LogP contribution in [0.5, 0.6) is 0 Å². The van der Waals surface area contributed by atoms with Gasteiger partial charge >= 0.3 is 0 Å². The lowest BCUT2D eigenvalue weighted by Gasteiger charge is -2.13. The highest BCUT2D eigenvalue weighted by molar-refractivity contribution is 5.60. The van der Waals surface area contributed by atoms with E-state index in [1.807, 2.05) is 6.92 Å². The smallest absolute Gasteiger partial charge is 0.280 e. The van der Waals surface area contributed by atoms with Gasteiger partial charge in [0.15, 0.2) is 0 Å². The van der Waals surface area contributed by atoms with E-state index < -0.39 is 6.43 Å². The molecule has 0 spiro atoms. The molecule has 2 nitrogen and oxygen atoms in total. The molecule has 0 radical (unpaired) electrons. The van der Waals surface area contributed by atoms with Crippen LogP contribution in [0.1, 0.15) is 13.3 Å². The van der Waals surface area contributed by atoms with Crippen LogP contribution in [-0.4, -0.2) is 19.7 Å². The second-order valence-electron chi connectivity index (χ2n) is 3.11. The van der Waals surface area contributed by atoms with E-state index in [0.29, 0.717) is 12.2 Å². The maximum atomic E-state index is 12.3. The molecule has 0 saturated carbocycles. The van der Waals surface area contributed by atoms with E-state index in [-0.39, 0.29) is 11.6 Å². The van der Waals surface area contributed by atoms with Gasteiger partial charge in [0.25, 0.3) is 6.43 Å². The molecular weight excluding hydrogens is 188 g/mol. The topological polar surface area (TPSA) is 21.6 Å². The molecule has 4 heteroatoms. The van der Waals surface area contributed by atoms with Crippen molar-refractivity contribution in [2.45, 2.75) is 19.8 Å². The third-order valence-corrected chi connectivity index (χ3v) is 2.06. The lowest BCUT2D eigenvalue weighted by atomic mass is 10.1. The van der Waals surface area contributed by atoms with E-state index in [1.54, 1.807) is 6.08 Å². The highest BCUT2D eigenvalue weighted by Gasteiger charge is 2.13. The summed E-state index contributed by atoms with van der Waals surface area (Å²) in [4.78, 5) is 3.69. The summed E-state index contributed by atoms with van der Waals surface area (Å²) in [6.07, 6.45) is 2.45. The van der Waals surface area contributed by atoms with E-state index >= 15 is 0 Å². The van der Waals surface area contributed by atoms with Gasteiger partial charge in [-0.05, 0) is 18.6 Å². The van der Waals surface area contributed by atoms with Crippen molar-refractivity contribution in [3.05, 3.63) is 23.6 Å². The predicted octanol–water partition coefficient (Wildman–Crippen LogP) is 2.78. The number of nitrogens with zero attached hydrogens (tertiary/aromatic N) is 1. The van der Waals surface area contributed by atoms with Gasteiger partial charge in [0.2, 0.25) is 0 Å². The summed E-state index contributed by atoms with van der Waals surface area (Å²) in [6, 6.07) is 0. The van der Waals surface area contributed by atoms with Crippen LogP contribution in [0.3, 0.4) is 0 Å². The van der Waals surface area contributed by atoms with Crippen LogP contribution in [-0.2, 0) is 4.74 Å². The van der Waals surface area contributed by atoms with Gasteiger partial charge in [0.1, 0.15) is 5.70 Å². The molecule has 14 heavy (non-hydrogen) atoms. The van der Waals surface area contributed by atoms with E-state index in [1.165, 1.54) is 19.4 Å². The Hall–Kier alpha value is -1.19. The Morgan fingerprint density at radius 2 is 2.21 bits per heavy atom. The van der Waals surface area contributed by atoms with E-state index in [0.717, 1.165) is 0 Å². The van der Waals surface area contributed by atoms with Crippen LogP contribution < -0.4 is 0 Å². The van der Waals surface area contributed by atoms with Gasteiger partial charge in [-0.3, -0.25) is 4.99 Å². The first-order chi connectivity index (χ1) is 6.65. The third-order valence-electron chi connectivity index (χ3n) is 2.06. The summed E-state index contributed by atoms with van der Waals surface area (Å²) >= 11 is 0. The fourth-order valence-electron chi connectivity index (χ4n) is 1.21. The van der Waals surface area contributed by atoms with Crippen molar-refractivity contribution in [1.29, 1.82) is 0 Å². The standard InChI is InChI=1S/C10H13F2NO/c1-7-5-6-13-8(10(11)12)3-4-9(7)14-2/h3-4,6-7,10H,5H2,1-2H3/b8-3-,9-4+,13-6+. The molecule has 1 atom stereocenters. The quantitative estimate of drug-likeness (QED) is 0.673. The Morgan fingerprint density at radius 3 is 2.79 bits per heavy atom. The highest BCUT2D eigenvalue weighted by Crippen LogP contribution is 2.19. The van der Waals surface area contributed by atoms with Crippen LogP contribution in [0.15, 0.2) is 28.6 Å². The molecule has 1 unspecified atom stereocenters. The number of alkyl halides is 2. The second-order valence-corrected chi connectivity index (χ2v) is 3.11. The minimum atomic E-state index is -2.53. The number of ether oxygens (including phenoxy) is 1. The van der Waals surface area contributed by atoms with Crippen LogP contribution in [0.25, 0.3) is 0 Å². The van der Waals surface area contributed by atoms with Gasteiger partial charge in [0, 0.05) is 12.1 Å². The lowest BCUT2D eigenvalue weighted by Crippen LogP contribution is -2.05. The highest BCUT2D eigenvalue weighted by atomic mass is 19.3. The zero-order valence-corrected chi connectivity index (χ0v) is 8.21. The fraction of sp³-hybridized carbons (Fsp3) is 0.500. The minimum Gasteiger partial charge on any atom is -0.501 e. The largest absolute Gasteiger partial charge is 0.501 e. The van der Waals surface area contributed by atoms with Crippen molar-refractivity contribution in [3.8, 4) is 0 Å². The normalized spacial score (nSPS) is 32.2. The molecule has 78 valence electrons. The van der Waals surface area contributed by atoms with Gasteiger partial charge < -0.3 is 4.74 Å². The number of rotatable bonds is 2. The van der Waals surface area contributed by atoms with Crippen molar-refractivity contribution in [3.63, 3.8) is 0 Å². The first-order valence-corrected chi connectivity index (χ1v) is 4.41. The number of methoxy groups -OCH3 is 1. The molecule has 1 aliphatic rings. The number of aliphatic imine (C=N–C) groups is 1. The number of halogens is 2. The maximum absolute atomic E-state index is 12.3. The summed E-state index contributed by atoms with van der Waals surface area (Å²) in [5, 5.41) is 0. The monoisotopic (exact) mass is 201 g/mol. The lowest BCUT2D eigenvalue weighted by molar-refractivity contribution is 0.188. The Kier molecular flexibility index (Phi) is 3.80. The van der Waals surface area contributed by atoms with E-state index in [2.05, 4.69) is 4.99 Å². The SMILES string of the molecule is CO/C1=C/C=C(C(F)F)\N=C\CC1C. The molecule has 0 fully saturated rings. The molecule has 0 bridgehead atoms. The Morgan fingerprint density at radius 1 is 1.50 bits per heavy atom. The predicted molar refractivity (Wildman–Crippen MR) is 51.5 cm³/mol. The average molecular weight is 201 g/mol.